The van der Waals surface area contributed by atoms with Gasteiger partial charge in [0.25, 0.3) is 0 Å². The smallest absolute Gasteiger partial charge is 0.317 e. The molecular formula is C11H22N2O4. The number of aliphatic carboxylic acids is 1. The van der Waals surface area contributed by atoms with Crippen molar-refractivity contribution in [3.05, 3.63) is 0 Å². The van der Waals surface area contributed by atoms with Crippen LogP contribution in [0.4, 0.5) is 4.79 Å². The third-order valence-electron chi connectivity index (χ3n) is 2.31. The molecule has 0 aliphatic heterocycles. The van der Waals surface area contributed by atoms with Gasteiger partial charge in [-0.05, 0) is 19.3 Å². The van der Waals surface area contributed by atoms with Crippen molar-refractivity contribution in [2.45, 2.75) is 25.7 Å². The molecule has 100 valence electrons. The zero-order chi connectivity index (χ0) is 13.1. The molecule has 2 amide bonds. The van der Waals surface area contributed by atoms with Gasteiger partial charge in [-0.15, -0.1) is 0 Å². The van der Waals surface area contributed by atoms with Gasteiger partial charge in [-0.3, -0.25) is 4.79 Å². The molecule has 0 saturated heterocycles. The average Bonchev–Trinajstić information content (AvgIpc) is 2.30. The van der Waals surface area contributed by atoms with Crippen molar-refractivity contribution in [3.63, 3.8) is 0 Å². The number of carbonyl (C=O) groups excluding carboxylic acids is 1. The van der Waals surface area contributed by atoms with Gasteiger partial charge in [0.15, 0.2) is 0 Å². The molecule has 0 heterocycles. The number of amides is 2. The number of ether oxygens (including phenoxy) is 1. The number of carboxylic acid groups (broad SMARTS) is 1. The fraction of sp³-hybridized carbons (Fsp3) is 0.818. The van der Waals surface area contributed by atoms with Crippen LogP contribution in [0.25, 0.3) is 0 Å². The number of unbranched alkanes of at least 4 members (excludes halogenated alkanes) is 2. The van der Waals surface area contributed by atoms with Crippen LogP contribution in [0, 0.1) is 0 Å². The van der Waals surface area contributed by atoms with Gasteiger partial charge in [0.05, 0.1) is 6.42 Å². The first-order chi connectivity index (χ1) is 8.07. The van der Waals surface area contributed by atoms with E-state index in [0.717, 1.165) is 25.9 Å². The quantitative estimate of drug-likeness (QED) is 0.593. The highest BCUT2D eigenvalue weighted by molar-refractivity contribution is 5.74. The van der Waals surface area contributed by atoms with E-state index in [0.29, 0.717) is 6.54 Å². The van der Waals surface area contributed by atoms with E-state index in [9.17, 15) is 9.59 Å². The molecule has 0 spiro atoms. The van der Waals surface area contributed by atoms with Crippen LogP contribution in [0.1, 0.15) is 25.7 Å². The molecule has 0 aliphatic carbocycles. The number of hydrogen-bond donors (Lipinski definition) is 2. The number of carbonyl (C=O) groups is 2. The molecule has 0 aromatic heterocycles. The minimum Gasteiger partial charge on any atom is -0.481 e. The van der Waals surface area contributed by atoms with Gasteiger partial charge in [0.2, 0.25) is 0 Å². The van der Waals surface area contributed by atoms with Crippen LogP contribution >= 0.6 is 0 Å². The minimum atomic E-state index is -0.899. The van der Waals surface area contributed by atoms with Gasteiger partial charge in [-0.2, -0.15) is 0 Å². The lowest BCUT2D eigenvalue weighted by molar-refractivity contribution is -0.137. The number of rotatable bonds is 9. The van der Waals surface area contributed by atoms with Gasteiger partial charge in [-0.25, -0.2) is 4.79 Å². The standard InChI is InChI=1S/C11H22N2O4/c1-13(8-6-10(14)15)11(16)12-7-4-3-5-9-17-2/h3-9H2,1-2H3,(H,12,16)(H,14,15). The Morgan fingerprint density at radius 3 is 2.59 bits per heavy atom. The Kier molecular flexibility index (Phi) is 9.14. The number of carboxylic acids is 1. The summed E-state index contributed by atoms with van der Waals surface area (Å²) >= 11 is 0. The van der Waals surface area contributed by atoms with E-state index in [1.165, 1.54) is 4.90 Å². The van der Waals surface area contributed by atoms with Crippen molar-refractivity contribution in [2.75, 3.05) is 33.9 Å². The zero-order valence-electron chi connectivity index (χ0n) is 10.6. The number of urea groups is 1. The van der Waals surface area contributed by atoms with Crippen molar-refractivity contribution in [3.8, 4) is 0 Å². The SMILES string of the molecule is COCCCCCNC(=O)N(C)CCC(=O)O. The van der Waals surface area contributed by atoms with Crippen molar-refractivity contribution in [2.24, 2.45) is 0 Å². The summed E-state index contributed by atoms with van der Waals surface area (Å²) in [5, 5.41) is 11.2. The van der Waals surface area contributed by atoms with E-state index < -0.39 is 5.97 Å². The largest absolute Gasteiger partial charge is 0.481 e. The molecule has 0 rings (SSSR count). The summed E-state index contributed by atoms with van der Waals surface area (Å²) in [6.45, 7) is 1.58. The minimum absolute atomic E-state index is 0.0300. The van der Waals surface area contributed by atoms with Crippen LogP contribution in [0.3, 0.4) is 0 Å². The maximum atomic E-state index is 11.4. The lowest BCUT2D eigenvalue weighted by atomic mass is 10.2. The summed E-state index contributed by atoms with van der Waals surface area (Å²) in [5.41, 5.74) is 0. The number of nitrogens with one attached hydrogen (secondary N) is 1. The summed E-state index contributed by atoms with van der Waals surface area (Å²) in [4.78, 5) is 23.1. The second-order valence-electron chi connectivity index (χ2n) is 3.85. The first-order valence-corrected chi connectivity index (χ1v) is 5.77. The van der Waals surface area contributed by atoms with Crippen LogP contribution in [0.5, 0.6) is 0 Å². The lowest BCUT2D eigenvalue weighted by Gasteiger charge is -2.16. The van der Waals surface area contributed by atoms with Gasteiger partial charge < -0.3 is 20.1 Å². The van der Waals surface area contributed by atoms with E-state index in [1.807, 2.05) is 0 Å². The molecule has 0 bridgehead atoms. The molecule has 0 saturated carbocycles. The molecule has 0 atom stereocenters. The van der Waals surface area contributed by atoms with E-state index in [1.54, 1.807) is 14.2 Å². The third-order valence-corrected chi connectivity index (χ3v) is 2.31. The van der Waals surface area contributed by atoms with E-state index in [-0.39, 0.29) is 19.0 Å². The topological polar surface area (TPSA) is 78.9 Å². The molecule has 0 aromatic carbocycles. The summed E-state index contributed by atoms with van der Waals surface area (Å²) in [7, 11) is 3.25. The Labute approximate surface area is 102 Å². The number of hydrogen-bond acceptors (Lipinski definition) is 3. The average molecular weight is 246 g/mol. The number of methoxy groups -OCH3 is 1. The monoisotopic (exact) mass is 246 g/mol. The molecule has 6 nitrogen and oxygen atoms in total. The normalized spacial score (nSPS) is 10.0. The van der Waals surface area contributed by atoms with E-state index in [2.05, 4.69) is 5.32 Å². The maximum absolute atomic E-state index is 11.4. The molecule has 6 heteroatoms. The van der Waals surface area contributed by atoms with Crippen LogP contribution in [-0.2, 0) is 9.53 Å². The Balaban J connectivity index is 3.47. The Bertz CT molecular complexity index is 234. The van der Waals surface area contributed by atoms with Gasteiger partial charge in [-0.1, -0.05) is 0 Å². The molecule has 2 N–H and O–H groups in total. The first-order valence-electron chi connectivity index (χ1n) is 5.77. The Morgan fingerprint density at radius 1 is 1.29 bits per heavy atom. The van der Waals surface area contributed by atoms with Crippen LogP contribution in [0.2, 0.25) is 0 Å². The molecule has 0 unspecified atom stereocenters. The summed E-state index contributed by atoms with van der Waals surface area (Å²) in [6, 6.07) is -0.224. The predicted octanol–water partition coefficient (Wildman–Crippen LogP) is 0.919. The highest BCUT2D eigenvalue weighted by atomic mass is 16.5. The van der Waals surface area contributed by atoms with Gasteiger partial charge in [0.1, 0.15) is 0 Å². The highest BCUT2D eigenvalue weighted by Crippen LogP contribution is 1.95. The number of nitrogens with zero attached hydrogens (tertiary/aromatic N) is 1. The van der Waals surface area contributed by atoms with Crippen molar-refractivity contribution in [1.82, 2.24) is 10.2 Å². The third kappa shape index (κ3) is 9.62. The fourth-order valence-electron chi connectivity index (χ4n) is 1.24. The molecule has 0 aliphatic rings. The predicted molar refractivity (Wildman–Crippen MR) is 64.0 cm³/mol. The van der Waals surface area contributed by atoms with Crippen LogP contribution in [0.15, 0.2) is 0 Å². The second-order valence-corrected chi connectivity index (χ2v) is 3.85. The zero-order valence-corrected chi connectivity index (χ0v) is 10.6. The van der Waals surface area contributed by atoms with Crippen molar-refractivity contribution in [1.29, 1.82) is 0 Å². The van der Waals surface area contributed by atoms with E-state index >= 15 is 0 Å². The lowest BCUT2D eigenvalue weighted by Crippen LogP contribution is -2.38. The first kappa shape index (κ1) is 15.7. The van der Waals surface area contributed by atoms with Crippen molar-refractivity contribution >= 4 is 12.0 Å². The van der Waals surface area contributed by atoms with E-state index in [4.69, 9.17) is 9.84 Å². The summed E-state index contributed by atoms with van der Waals surface area (Å²) in [5.74, 6) is -0.899. The van der Waals surface area contributed by atoms with Gasteiger partial charge in [0, 0.05) is 33.9 Å². The summed E-state index contributed by atoms with van der Waals surface area (Å²) in [6.07, 6.45) is 2.87. The highest BCUT2D eigenvalue weighted by Gasteiger charge is 2.08. The molecule has 17 heavy (non-hydrogen) atoms. The summed E-state index contributed by atoms with van der Waals surface area (Å²) < 4.78 is 4.91. The molecular weight excluding hydrogens is 224 g/mol. The second kappa shape index (κ2) is 9.89. The Hall–Kier alpha value is -1.30. The molecule has 0 aromatic rings. The molecule has 0 fully saturated rings. The maximum Gasteiger partial charge on any atom is 0.317 e. The Morgan fingerprint density at radius 2 is 2.00 bits per heavy atom. The fourth-order valence-corrected chi connectivity index (χ4v) is 1.24. The molecule has 0 radical (unpaired) electrons. The van der Waals surface area contributed by atoms with Gasteiger partial charge >= 0.3 is 12.0 Å². The van der Waals surface area contributed by atoms with Crippen molar-refractivity contribution < 1.29 is 19.4 Å². The van der Waals surface area contributed by atoms with Crippen LogP contribution in [-0.4, -0.2) is 55.9 Å². The van der Waals surface area contributed by atoms with Crippen LogP contribution < -0.4 is 5.32 Å².